The molecule has 0 bridgehead atoms. The monoisotopic (exact) mass is 192 g/mol. The van der Waals surface area contributed by atoms with Crippen molar-refractivity contribution in [3.63, 3.8) is 0 Å². The molecule has 0 heteroatoms. The zero-order valence-electron chi connectivity index (χ0n) is 9.54. The van der Waals surface area contributed by atoms with Crippen LogP contribution in [0.15, 0.2) is 37.0 Å². The second-order valence-electron chi connectivity index (χ2n) is 3.53. The Hall–Kier alpha value is -0.780. The lowest BCUT2D eigenvalue weighted by Gasteiger charge is -1.89. The first-order valence-corrected chi connectivity index (χ1v) is 5.82. The molecular formula is C14H24. The maximum Gasteiger partial charge on any atom is -0.0316 e. The van der Waals surface area contributed by atoms with Crippen molar-refractivity contribution in [1.82, 2.24) is 0 Å². The lowest BCUT2D eigenvalue weighted by Crippen LogP contribution is -1.69. The van der Waals surface area contributed by atoms with E-state index in [-0.39, 0.29) is 0 Å². The van der Waals surface area contributed by atoms with Crippen molar-refractivity contribution in [1.29, 1.82) is 0 Å². The second kappa shape index (κ2) is 12.2. The van der Waals surface area contributed by atoms with Crippen LogP contribution in [0.3, 0.4) is 0 Å². The van der Waals surface area contributed by atoms with Crippen molar-refractivity contribution < 1.29 is 0 Å². The summed E-state index contributed by atoms with van der Waals surface area (Å²) in [6, 6.07) is 0. The quantitative estimate of drug-likeness (QED) is 0.355. The largest absolute Gasteiger partial charge is 0.103 e. The Morgan fingerprint density at radius 2 is 1.29 bits per heavy atom. The zero-order valence-corrected chi connectivity index (χ0v) is 9.54. The number of allylic oxidation sites excluding steroid dienone is 5. The van der Waals surface area contributed by atoms with Crippen molar-refractivity contribution in [3.8, 4) is 0 Å². The molecule has 0 atom stereocenters. The van der Waals surface area contributed by atoms with Gasteiger partial charge < -0.3 is 0 Å². The van der Waals surface area contributed by atoms with Gasteiger partial charge in [0.05, 0.1) is 0 Å². The minimum atomic E-state index is 1.10. The Balaban J connectivity index is 3.15. The van der Waals surface area contributed by atoms with E-state index in [4.69, 9.17) is 0 Å². The van der Waals surface area contributed by atoms with Gasteiger partial charge in [0.1, 0.15) is 0 Å². The molecule has 0 radical (unpaired) electrons. The maximum atomic E-state index is 3.69. The summed E-state index contributed by atoms with van der Waals surface area (Å²) in [6.45, 7) is 5.92. The van der Waals surface area contributed by atoms with E-state index in [2.05, 4.69) is 37.8 Å². The van der Waals surface area contributed by atoms with Gasteiger partial charge in [-0.1, -0.05) is 50.1 Å². The van der Waals surface area contributed by atoms with E-state index in [1.807, 2.05) is 6.08 Å². The summed E-state index contributed by atoms with van der Waals surface area (Å²) in [5.74, 6) is 0. The van der Waals surface area contributed by atoms with Crippen LogP contribution in [0.25, 0.3) is 0 Å². The van der Waals surface area contributed by atoms with Gasteiger partial charge in [0.2, 0.25) is 0 Å². The van der Waals surface area contributed by atoms with Gasteiger partial charge in [0.15, 0.2) is 0 Å². The minimum Gasteiger partial charge on any atom is -0.103 e. The zero-order chi connectivity index (χ0) is 10.5. The van der Waals surface area contributed by atoms with Gasteiger partial charge in [-0.2, -0.15) is 0 Å². The fourth-order valence-corrected chi connectivity index (χ4v) is 1.20. The van der Waals surface area contributed by atoms with Crippen molar-refractivity contribution in [2.45, 2.75) is 51.9 Å². The molecule has 0 heterocycles. The standard InChI is InChI=1S/C14H24/c1-3-5-7-9-11-13-14-12-10-8-6-4-2/h3,9-12H,1,4-8,13-14H2,2H3/b11-9-,12-10+. The number of hydrogen-bond acceptors (Lipinski definition) is 0. The van der Waals surface area contributed by atoms with Crippen LogP contribution < -0.4 is 0 Å². The predicted molar refractivity (Wildman–Crippen MR) is 66.5 cm³/mol. The molecule has 0 saturated heterocycles. The van der Waals surface area contributed by atoms with Crippen LogP contribution in [0, 0.1) is 0 Å². The van der Waals surface area contributed by atoms with Crippen LogP contribution in [-0.4, -0.2) is 0 Å². The highest BCUT2D eigenvalue weighted by molar-refractivity contribution is 4.89. The van der Waals surface area contributed by atoms with Crippen molar-refractivity contribution in [2.75, 3.05) is 0 Å². The van der Waals surface area contributed by atoms with Crippen LogP contribution in [0.1, 0.15) is 51.9 Å². The Morgan fingerprint density at radius 3 is 1.79 bits per heavy atom. The van der Waals surface area contributed by atoms with E-state index in [9.17, 15) is 0 Å². The summed E-state index contributed by atoms with van der Waals surface area (Å²) >= 11 is 0. The van der Waals surface area contributed by atoms with Gasteiger partial charge in [-0.15, -0.1) is 6.58 Å². The molecule has 0 aliphatic carbocycles. The van der Waals surface area contributed by atoms with Crippen molar-refractivity contribution >= 4 is 0 Å². The van der Waals surface area contributed by atoms with Gasteiger partial charge in [-0.05, 0) is 32.1 Å². The Labute approximate surface area is 89.4 Å². The van der Waals surface area contributed by atoms with Crippen LogP contribution in [0.2, 0.25) is 0 Å². The third-order valence-corrected chi connectivity index (χ3v) is 2.10. The summed E-state index contributed by atoms with van der Waals surface area (Å²) in [6.07, 6.45) is 19.6. The van der Waals surface area contributed by atoms with E-state index in [0.29, 0.717) is 0 Å². The first-order chi connectivity index (χ1) is 6.91. The Bertz CT molecular complexity index is 163. The van der Waals surface area contributed by atoms with Gasteiger partial charge in [0, 0.05) is 0 Å². The lowest BCUT2D eigenvalue weighted by molar-refractivity contribution is 0.811. The SMILES string of the molecule is C=CCC/C=C\CC/C=C/CCCC. The van der Waals surface area contributed by atoms with Crippen LogP contribution in [-0.2, 0) is 0 Å². The summed E-state index contributed by atoms with van der Waals surface area (Å²) < 4.78 is 0. The fourth-order valence-electron chi connectivity index (χ4n) is 1.20. The molecule has 0 aromatic heterocycles. The third-order valence-electron chi connectivity index (χ3n) is 2.10. The Kier molecular flexibility index (Phi) is 11.5. The lowest BCUT2D eigenvalue weighted by atomic mass is 10.2. The van der Waals surface area contributed by atoms with E-state index < -0.39 is 0 Å². The van der Waals surface area contributed by atoms with Crippen molar-refractivity contribution in [2.24, 2.45) is 0 Å². The molecule has 0 rings (SSSR count). The molecule has 0 saturated carbocycles. The molecule has 0 aromatic carbocycles. The molecule has 0 aromatic rings. The van der Waals surface area contributed by atoms with Gasteiger partial charge in [-0.25, -0.2) is 0 Å². The smallest absolute Gasteiger partial charge is 0.0316 e. The highest BCUT2D eigenvalue weighted by Gasteiger charge is 1.79. The number of rotatable bonds is 9. The molecule has 0 N–H and O–H groups in total. The van der Waals surface area contributed by atoms with Crippen LogP contribution in [0.5, 0.6) is 0 Å². The molecule has 0 aliphatic heterocycles. The van der Waals surface area contributed by atoms with E-state index in [0.717, 1.165) is 12.8 Å². The molecule has 0 aliphatic rings. The normalized spacial score (nSPS) is 11.5. The summed E-state index contributed by atoms with van der Waals surface area (Å²) in [4.78, 5) is 0. The molecule has 0 unspecified atom stereocenters. The summed E-state index contributed by atoms with van der Waals surface area (Å²) in [5.41, 5.74) is 0. The highest BCUT2D eigenvalue weighted by Crippen LogP contribution is 2.00. The van der Waals surface area contributed by atoms with Gasteiger partial charge >= 0.3 is 0 Å². The fraction of sp³-hybridized carbons (Fsp3) is 0.571. The van der Waals surface area contributed by atoms with Crippen LogP contribution in [0.4, 0.5) is 0 Å². The molecule has 0 nitrogen and oxygen atoms in total. The first-order valence-electron chi connectivity index (χ1n) is 5.82. The average Bonchev–Trinajstić information content (AvgIpc) is 2.21. The highest BCUT2D eigenvalue weighted by atomic mass is 13.9. The molecule has 0 amide bonds. The first kappa shape index (κ1) is 13.2. The second-order valence-corrected chi connectivity index (χ2v) is 3.53. The van der Waals surface area contributed by atoms with Crippen molar-refractivity contribution in [3.05, 3.63) is 37.0 Å². The molecule has 0 fully saturated rings. The molecule has 14 heavy (non-hydrogen) atoms. The minimum absolute atomic E-state index is 1.10. The van der Waals surface area contributed by atoms with Gasteiger partial charge in [-0.3, -0.25) is 0 Å². The maximum absolute atomic E-state index is 3.69. The average molecular weight is 192 g/mol. The Morgan fingerprint density at radius 1 is 0.786 bits per heavy atom. The van der Waals surface area contributed by atoms with E-state index >= 15 is 0 Å². The van der Waals surface area contributed by atoms with Crippen LogP contribution >= 0.6 is 0 Å². The molecular weight excluding hydrogens is 168 g/mol. The molecule has 80 valence electrons. The van der Waals surface area contributed by atoms with E-state index in [1.54, 1.807) is 0 Å². The third kappa shape index (κ3) is 11.2. The summed E-state index contributed by atoms with van der Waals surface area (Å²) in [7, 11) is 0. The topological polar surface area (TPSA) is 0 Å². The molecule has 0 spiro atoms. The van der Waals surface area contributed by atoms with E-state index in [1.165, 1.54) is 32.1 Å². The summed E-state index contributed by atoms with van der Waals surface area (Å²) in [5, 5.41) is 0. The predicted octanol–water partition coefficient (Wildman–Crippen LogP) is 5.04. The van der Waals surface area contributed by atoms with Gasteiger partial charge in [0.25, 0.3) is 0 Å². The number of unbranched alkanes of at least 4 members (excludes halogenated alkanes) is 4. The number of hydrogen-bond donors (Lipinski definition) is 0.